The molecule has 4 aliphatic carbocycles. The van der Waals surface area contributed by atoms with Crippen molar-refractivity contribution in [1.82, 2.24) is 19.9 Å². The molecule has 21 nitrogen and oxygen atoms in total. The number of benzene rings is 7. The number of nitrogens with zero attached hydrogens (tertiary/aromatic N) is 5. The third kappa shape index (κ3) is 22.3. The van der Waals surface area contributed by atoms with Gasteiger partial charge >= 0.3 is 5.97 Å². The number of aromatic nitrogens is 4. The molecule has 0 saturated carbocycles. The molecule has 556 valence electrons. The van der Waals surface area contributed by atoms with Crippen LogP contribution in [0.1, 0.15) is 61.2 Å². The first kappa shape index (κ1) is 77.1. The Hall–Kier alpha value is -12.0. The van der Waals surface area contributed by atoms with Gasteiger partial charge in [0, 0.05) is 73.3 Å². The minimum Gasteiger partial charge on any atom is -0.493 e. The molecule has 2 unspecified atom stereocenters. The summed E-state index contributed by atoms with van der Waals surface area (Å²) in [5.41, 5.74) is 38.5. The summed E-state index contributed by atoms with van der Waals surface area (Å²) in [5, 5.41) is 30.5. The molecule has 0 saturated heterocycles. The summed E-state index contributed by atoms with van der Waals surface area (Å²) in [6.45, 7) is 4.29. The van der Waals surface area contributed by atoms with E-state index in [0.29, 0.717) is 79.6 Å². The van der Waals surface area contributed by atoms with Crippen molar-refractivity contribution in [2.45, 2.75) is 88.1 Å². The number of aliphatic hydroxyl groups is 1. The SMILES string of the molecule is Cc1ccc(S(=O)(=O)OCC2Cc3ccccc3C2)cc1.N#CN1c2ccccc2CC1COc1ccnc(N)c1.Nc1cc(=O)cc[nH]1.Nc1cc(OCC2Cc3ccccc3C2)ccn1.Nc1cc(OCC2Cc3ccccc3N2)ccn1.O=C(O)C1Cc2ccccc2C1.OCC1Cc2ccccc2C1. The van der Waals surface area contributed by atoms with Crippen LogP contribution in [0.2, 0.25) is 0 Å². The number of nitriles is 1. The molecule has 0 fully saturated rings. The van der Waals surface area contributed by atoms with Crippen LogP contribution in [0.5, 0.6) is 17.2 Å². The van der Waals surface area contributed by atoms with E-state index in [1.54, 1.807) is 72.0 Å². The third-order valence-electron chi connectivity index (χ3n) is 19.3. The van der Waals surface area contributed by atoms with Crippen molar-refractivity contribution < 1.29 is 41.8 Å². The Kier molecular flexibility index (Phi) is 27.0. The first-order valence-corrected chi connectivity index (χ1v) is 37.5. The van der Waals surface area contributed by atoms with Crippen LogP contribution in [0.25, 0.3) is 0 Å². The summed E-state index contributed by atoms with van der Waals surface area (Å²) in [6.07, 6.45) is 18.0. The van der Waals surface area contributed by atoms with Crippen LogP contribution in [0.3, 0.4) is 0 Å². The zero-order valence-corrected chi connectivity index (χ0v) is 61.1. The first-order valence-electron chi connectivity index (χ1n) is 36.1. The predicted octanol–water partition coefficient (Wildman–Crippen LogP) is 12.4. The van der Waals surface area contributed by atoms with E-state index in [9.17, 15) is 23.3 Å². The van der Waals surface area contributed by atoms with Crippen molar-refractivity contribution >= 4 is 50.7 Å². The van der Waals surface area contributed by atoms with Gasteiger partial charge in [-0.25, -0.2) is 15.0 Å². The Morgan fingerprint density at radius 1 is 0.509 bits per heavy atom. The zero-order valence-electron chi connectivity index (χ0n) is 60.3. The molecule has 22 heteroatoms. The van der Waals surface area contributed by atoms with E-state index < -0.39 is 16.1 Å². The molecule has 4 aromatic heterocycles. The molecular formula is C86H91N11O10S. The summed E-state index contributed by atoms with van der Waals surface area (Å²) >= 11 is 0. The Morgan fingerprint density at radius 3 is 1.37 bits per heavy atom. The Bertz CT molecular complexity index is 4790. The molecule has 0 radical (unpaired) electrons. The number of hydrogen-bond acceptors (Lipinski definition) is 19. The quantitative estimate of drug-likeness (QED) is 0.0349. The Balaban J connectivity index is 0.000000128. The van der Waals surface area contributed by atoms with Crippen molar-refractivity contribution in [1.29, 1.82) is 5.26 Å². The molecule has 6 aliphatic rings. The number of anilines is 6. The number of carboxylic acids is 1. The van der Waals surface area contributed by atoms with E-state index in [2.05, 4.69) is 110 Å². The largest absolute Gasteiger partial charge is 0.493 e. The van der Waals surface area contributed by atoms with E-state index in [1.807, 2.05) is 85.8 Å². The number of aliphatic carboxylic acids is 1. The topological polar surface area (TPSA) is 343 Å². The maximum atomic E-state index is 12.2. The molecule has 2 atom stereocenters. The summed E-state index contributed by atoms with van der Waals surface area (Å²) in [6, 6.07) is 70.0. The molecule has 0 amide bonds. The van der Waals surface area contributed by atoms with Crippen molar-refractivity contribution in [3.05, 3.63) is 315 Å². The average Bonchev–Trinajstić information content (AvgIpc) is 1.65. The van der Waals surface area contributed by atoms with E-state index in [0.717, 1.165) is 80.7 Å². The maximum Gasteiger partial charge on any atom is 0.307 e. The van der Waals surface area contributed by atoms with Crippen LogP contribution in [-0.4, -0.2) is 89.7 Å². The maximum absolute atomic E-state index is 12.2. The fraction of sp³-hybridized carbons (Fsp3) is 0.256. The number of carboxylic acid groups (broad SMARTS) is 1. The molecule has 6 heterocycles. The summed E-state index contributed by atoms with van der Waals surface area (Å²) in [5.74, 6) is 4.47. The van der Waals surface area contributed by atoms with Gasteiger partial charge in [0.1, 0.15) is 53.7 Å². The number of aromatic amines is 1. The second kappa shape index (κ2) is 37.8. The summed E-state index contributed by atoms with van der Waals surface area (Å²) in [4.78, 5) is 37.4. The summed E-state index contributed by atoms with van der Waals surface area (Å²) < 4.78 is 46.8. The molecule has 7 aromatic carbocycles. The minimum absolute atomic E-state index is 0.0202. The lowest BCUT2D eigenvalue weighted by Gasteiger charge is -2.19. The number of nitrogens with two attached hydrogens (primary N) is 4. The minimum atomic E-state index is -3.65. The number of aliphatic hydroxyl groups excluding tert-OH is 1. The number of nitrogen functional groups attached to an aromatic ring is 4. The molecule has 0 bridgehead atoms. The van der Waals surface area contributed by atoms with Gasteiger partial charge in [-0.1, -0.05) is 151 Å². The van der Waals surface area contributed by atoms with E-state index in [-0.39, 0.29) is 34.8 Å². The van der Waals surface area contributed by atoms with E-state index >= 15 is 0 Å². The highest BCUT2D eigenvalue weighted by atomic mass is 32.2. The number of H-pyrrole nitrogens is 1. The number of pyridine rings is 4. The van der Waals surface area contributed by atoms with Gasteiger partial charge in [0.25, 0.3) is 10.1 Å². The first-order chi connectivity index (χ1) is 52.4. The van der Waals surface area contributed by atoms with Crippen LogP contribution in [0, 0.1) is 42.1 Å². The monoisotopic (exact) mass is 1470 g/mol. The van der Waals surface area contributed by atoms with Gasteiger partial charge in [0.15, 0.2) is 11.6 Å². The number of ether oxygens (including phenoxy) is 3. The van der Waals surface area contributed by atoms with Crippen molar-refractivity contribution in [3.63, 3.8) is 0 Å². The van der Waals surface area contributed by atoms with Gasteiger partial charge in [0.05, 0.1) is 41.8 Å². The van der Waals surface area contributed by atoms with Crippen LogP contribution < -0.4 is 52.8 Å². The van der Waals surface area contributed by atoms with Crippen molar-refractivity contribution in [2.24, 2.45) is 23.7 Å². The number of hydrogen-bond donors (Lipinski definition) is 8. The highest BCUT2D eigenvalue weighted by molar-refractivity contribution is 7.86. The second-order valence-corrected chi connectivity index (χ2v) is 29.0. The number of aryl methyl sites for hydroxylation is 1. The fourth-order valence-electron chi connectivity index (χ4n) is 13.8. The number of carbonyl (C=O) groups is 1. The van der Waals surface area contributed by atoms with Gasteiger partial charge in [-0.2, -0.15) is 13.7 Å². The lowest BCUT2D eigenvalue weighted by atomic mass is 10.1. The molecule has 11 aromatic rings. The lowest BCUT2D eigenvalue weighted by molar-refractivity contribution is -0.141. The molecule has 12 N–H and O–H groups in total. The van der Waals surface area contributed by atoms with Gasteiger partial charge in [-0.15, -0.1) is 0 Å². The molecule has 17 rings (SSSR count). The normalized spacial score (nSPS) is 15.4. The average molecular weight is 1470 g/mol. The van der Waals surface area contributed by atoms with Gasteiger partial charge in [-0.05, 0) is 181 Å². The lowest BCUT2D eigenvalue weighted by Crippen LogP contribution is -2.33. The standard InChI is InChI=1S/C17H18O3S.C15H14N4O.C15H16N2O.C14H15N3O.C10H10O2.C10H12O.C5H6N2O/c1-13-6-8-17(9-7-13)21(18,19)20-12-14-10-15-4-2-3-5-16(15)11-14;16-10-19-12(7-11-3-1-2-4-14(11)19)9-20-13-5-6-18-15(17)8-13;16-15-9-14(5-6-17-15)18-10-11-7-12-3-1-2-4-13(12)8-11;15-14-8-12(5-6-16-14)18-9-11-7-10-3-1-2-4-13(10)17-11;11-10(12)9-5-7-3-1-2-4-8(7)6-9;11-7-8-5-9-3-1-2-4-10(9)6-8;6-5-3-4(8)1-2-7-5/h2-9,14H,10-12H2,1H3;1-6,8,12H,7,9H2,(H2,17,18);1-6,9,11H,7-8,10H2,(H2,16,17);1-6,8,11,17H,7,9H2,(H2,15,16);1-4,9H,5-6H2,(H,11,12);1-4,8,11H,5-7H2;1-3H,(H3,6,7,8). The molecule has 2 aliphatic heterocycles. The molecule has 0 spiro atoms. The third-order valence-corrected chi connectivity index (χ3v) is 20.6. The fourth-order valence-corrected chi connectivity index (χ4v) is 14.8. The van der Waals surface area contributed by atoms with E-state index in [4.69, 9.17) is 51.5 Å². The van der Waals surface area contributed by atoms with Gasteiger partial charge in [-0.3, -0.25) is 18.7 Å². The van der Waals surface area contributed by atoms with E-state index in [1.165, 1.54) is 79.7 Å². The Labute approximate surface area is 630 Å². The zero-order chi connectivity index (χ0) is 75.8. The van der Waals surface area contributed by atoms with Crippen LogP contribution >= 0.6 is 0 Å². The molecule has 108 heavy (non-hydrogen) atoms. The van der Waals surface area contributed by atoms with Crippen LogP contribution in [0.4, 0.5) is 34.6 Å². The highest BCUT2D eigenvalue weighted by Crippen LogP contribution is 2.34. The summed E-state index contributed by atoms with van der Waals surface area (Å²) in [7, 11) is -3.65. The van der Waals surface area contributed by atoms with Crippen molar-refractivity contribution in [3.8, 4) is 23.4 Å². The highest BCUT2D eigenvalue weighted by Gasteiger charge is 2.31. The van der Waals surface area contributed by atoms with Crippen LogP contribution in [-0.2, 0) is 83.3 Å². The van der Waals surface area contributed by atoms with Crippen LogP contribution in [0.15, 0.2) is 253 Å². The predicted molar refractivity (Wildman–Crippen MR) is 422 cm³/mol. The number of rotatable bonds is 15. The number of fused-ring (bicyclic) bond motifs is 6. The Morgan fingerprint density at radius 2 is 0.935 bits per heavy atom. The second-order valence-electron chi connectivity index (χ2n) is 27.4. The van der Waals surface area contributed by atoms with Gasteiger partial charge in [0.2, 0.25) is 0 Å². The van der Waals surface area contributed by atoms with Crippen molar-refractivity contribution in [2.75, 3.05) is 66.2 Å². The number of para-hydroxylation sites is 2. The smallest absolute Gasteiger partial charge is 0.307 e. The molecular weight excluding hydrogens is 1380 g/mol. The van der Waals surface area contributed by atoms with Gasteiger partial charge < -0.3 is 57.7 Å². The number of nitrogens with one attached hydrogen (secondary N) is 2.